The zero-order chi connectivity index (χ0) is 23.5. The Morgan fingerprint density at radius 3 is 1.91 bits per heavy atom. The van der Waals surface area contributed by atoms with Crippen LogP contribution in [0.3, 0.4) is 0 Å². The van der Waals surface area contributed by atoms with Gasteiger partial charge in [-0.1, -0.05) is 24.3 Å². The summed E-state index contributed by atoms with van der Waals surface area (Å²) in [7, 11) is 0. The van der Waals surface area contributed by atoms with Gasteiger partial charge in [-0.15, -0.1) is 0 Å². The third kappa shape index (κ3) is 6.48. The van der Waals surface area contributed by atoms with Crippen LogP contribution in [0.25, 0.3) is 0 Å². The topological polar surface area (TPSA) is 40.5 Å². The van der Waals surface area contributed by atoms with Crippen molar-refractivity contribution in [3.8, 4) is 0 Å². The van der Waals surface area contributed by atoms with Gasteiger partial charge in [-0.3, -0.25) is 9.69 Å². The van der Waals surface area contributed by atoms with E-state index in [1.165, 1.54) is 24.3 Å². The Kier molecular flexibility index (Phi) is 7.17. The number of carboxylic acids is 1. The fourth-order valence-corrected chi connectivity index (χ4v) is 4.21. The maximum Gasteiger partial charge on any atom is 0.416 e. The van der Waals surface area contributed by atoms with Crippen LogP contribution in [0.2, 0.25) is 0 Å². The van der Waals surface area contributed by atoms with Crippen LogP contribution in [0.4, 0.5) is 26.3 Å². The predicted octanol–water partition coefficient (Wildman–Crippen LogP) is 6.19. The minimum absolute atomic E-state index is 0.0154. The van der Waals surface area contributed by atoms with Gasteiger partial charge in [0.15, 0.2) is 0 Å². The largest absolute Gasteiger partial charge is 0.481 e. The lowest BCUT2D eigenvalue weighted by Gasteiger charge is -2.38. The van der Waals surface area contributed by atoms with E-state index in [0.29, 0.717) is 38.0 Å². The minimum atomic E-state index is -4.43. The van der Waals surface area contributed by atoms with Gasteiger partial charge in [0.25, 0.3) is 0 Å². The third-order valence-corrected chi connectivity index (χ3v) is 5.78. The molecule has 2 atom stereocenters. The number of hydrogen-bond acceptors (Lipinski definition) is 2. The van der Waals surface area contributed by atoms with Crippen LogP contribution in [-0.4, -0.2) is 29.1 Å². The monoisotopic (exact) mass is 459 g/mol. The quantitative estimate of drug-likeness (QED) is 0.524. The first-order chi connectivity index (χ1) is 14.9. The lowest BCUT2D eigenvalue weighted by atomic mass is 9.82. The zero-order valence-corrected chi connectivity index (χ0v) is 17.1. The molecule has 1 aliphatic heterocycles. The predicted molar refractivity (Wildman–Crippen MR) is 106 cm³/mol. The average molecular weight is 459 g/mol. The molecule has 2 aromatic carbocycles. The lowest BCUT2D eigenvalue weighted by Crippen LogP contribution is -2.39. The summed E-state index contributed by atoms with van der Waals surface area (Å²) >= 11 is 0. The molecule has 2 aromatic rings. The second-order valence-corrected chi connectivity index (χ2v) is 8.24. The minimum Gasteiger partial charge on any atom is -0.481 e. The number of halogens is 6. The summed E-state index contributed by atoms with van der Waals surface area (Å²) in [6.07, 6.45) is -7.79. The molecular weight excluding hydrogens is 436 g/mol. The first kappa shape index (κ1) is 24.1. The highest BCUT2D eigenvalue weighted by Gasteiger charge is 2.33. The van der Waals surface area contributed by atoms with Crippen molar-refractivity contribution in [2.75, 3.05) is 13.1 Å². The Bertz CT molecular complexity index is 906. The fraction of sp³-hybridized carbons (Fsp3) is 0.435. The number of nitrogens with zero attached hydrogens (tertiary/aromatic N) is 1. The van der Waals surface area contributed by atoms with E-state index in [2.05, 4.69) is 0 Å². The number of benzene rings is 2. The van der Waals surface area contributed by atoms with Gasteiger partial charge in [-0.05, 0) is 60.1 Å². The van der Waals surface area contributed by atoms with E-state index in [9.17, 15) is 31.1 Å². The normalized spacial score (nSPS) is 20.3. The summed E-state index contributed by atoms with van der Waals surface area (Å²) < 4.78 is 77.0. The molecule has 1 fully saturated rings. The van der Waals surface area contributed by atoms with Crippen molar-refractivity contribution in [2.24, 2.45) is 5.92 Å². The fourth-order valence-electron chi connectivity index (χ4n) is 4.21. The second-order valence-electron chi connectivity index (χ2n) is 8.24. The SMILES string of the molecule is O=C(O)CC[C@H]1C[C@H](c2ccc(C(F)(F)F)cc2)CN(Cc2ccc(C(F)(F)F)cc2)C1. The van der Waals surface area contributed by atoms with Gasteiger partial charge in [-0.25, -0.2) is 0 Å². The van der Waals surface area contributed by atoms with E-state index >= 15 is 0 Å². The summed E-state index contributed by atoms with van der Waals surface area (Å²) in [4.78, 5) is 13.0. The number of hydrogen-bond donors (Lipinski definition) is 1. The Morgan fingerprint density at radius 2 is 1.41 bits per heavy atom. The molecule has 0 aliphatic carbocycles. The number of carbonyl (C=O) groups is 1. The van der Waals surface area contributed by atoms with Crippen molar-refractivity contribution in [1.82, 2.24) is 4.90 Å². The lowest BCUT2D eigenvalue weighted by molar-refractivity contribution is -0.138. The molecule has 0 spiro atoms. The molecule has 0 radical (unpaired) electrons. The number of piperidine rings is 1. The van der Waals surface area contributed by atoms with Crippen LogP contribution < -0.4 is 0 Å². The third-order valence-electron chi connectivity index (χ3n) is 5.78. The number of rotatable bonds is 6. The highest BCUT2D eigenvalue weighted by atomic mass is 19.4. The Morgan fingerprint density at radius 1 is 0.875 bits per heavy atom. The molecule has 0 unspecified atom stereocenters. The van der Waals surface area contributed by atoms with Crippen LogP contribution in [0.1, 0.15) is 47.4 Å². The standard InChI is InChI=1S/C23H23F6NO2/c24-22(25,26)19-6-1-15(2-7-19)12-30-13-16(3-10-21(31)32)11-18(14-30)17-4-8-20(9-5-17)23(27,28)29/h1-2,4-9,16,18H,3,10-14H2,(H,31,32)/t16-,18-/m0/s1. The Labute approximate surface area is 181 Å². The summed E-state index contributed by atoms with van der Waals surface area (Å²) in [5.74, 6) is -1.00. The van der Waals surface area contributed by atoms with Crippen LogP contribution >= 0.6 is 0 Å². The van der Waals surface area contributed by atoms with Gasteiger partial charge < -0.3 is 5.11 Å². The number of likely N-dealkylation sites (tertiary alicyclic amines) is 1. The average Bonchev–Trinajstić information content (AvgIpc) is 2.71. The molecule has 0 amide bonds. The van der Waals surface area contributed by atoms with Crippen LogP contribution in [0.5, 0.6) is 0 Å². The second kappa shape index (κ2) is 9.52. The van der Waals surface area contributed by atoms with Crippen molar-refractivity contribution in [1.29, 1.82) is 0 Å². The van der Waals surface area contributed by atoms with Crippen molar-refractivity contribution < 1.29 is 36.2 Å². The van der Waals surface area contributed by atoms with Crippen LogP contribution in [0, 0.1) is 5.92 Å². The van der Waals surface area contributed by atoms with E-state index in [0.717, 1.165) is 29.8 Å². The molecule has 9 heteroatoms. The molecule has 1 saturated heterocycles. The maximum absolute atomic E-state index is 12.9. The maximum atomic E-state index is 12.9. The highest BCUT2D eigenvalue weighted by molar-refractivity contribution is 5.66. The van der Waals surface area contributed by atoms with Gasteiger partial charge in [0.1, 0.15) is 0 Å². The first-order valence-corrected chi connectivity index (χ1v) is 10.2. The molecule has 0 saturated carbocycles. The van der Waals surface area contributed by atoms with Crippen LogP contribution in [-0.2, 0) is 23.7 Å². The molecular formula is C23H23F6NO2. The van der Waals surface area contributed by atoms with Gasteiger partial charge in [0.05, 0.1) is 11.1 Å². The van der Waals surface area contributed by atoms with E-state index in [4.69, 9.17) is 5.11 Å². The smallest absolute Gasteiger partial charge is 0.416 e. The molecule has 1 aliphatic rings. The summed E-state index contributed by atoms with van der Waals surface area (Å²) in [5.41, 5.74) is -0.0542. The van der Waals surface area contributed by atoms with Crippen molar-refractivity contribution in [3.05, 3.63) is 70.8 Å². The molecule has 1 N–H and O–H groups in total. The molecule has 1 heterocycles. The number of carboxylic acid groups (broad SMARTS) is 1. The number of alkyl halides is 6. The van der Waals surface area contributed by atoms with Gasteiger partial charge in [0.2, 0.25) is 0 Å². The van der Waals surface area contributed by atoms with Crippen molar-refractivity contribution in [2.45, 2.75) is 44.1 Å². The summed E-state index contributed by atoms with van der Waals surface area (Å²) in [5, 5.41) is 9.01. The molecule has 32 heavy (non-hydrogen) atoms. The Hall–Kier alpha value is -2.55. The molecule has 0 aromatic heterocycles. The highest BCUT2D eigenvalue weighted by Crippen LogP contribution is 2.36. The molecule has 174 valence electrons. The van der Waals surface area contributed by atoms with Crippen LogP contribution in [0.15, 0.2) is 48.5 Å². The van der Waals surface area contributed by atoms with E-state index in [-0.39, 0.29) is 18.3 Å². The molecule has 0 bridgehead atoms. The molecule has 3 nitrogen and oxygen atoms in total. The Balaban J connectivity index is 1.75. The van der Waals surface area contributed by atoms with E-state index in [1.54, 1.807) is 0 Å². The van der Waals surface area contributed by atoms with Gasteiger partial charge in [0, 0.05) is 26.1 Å². The van der Waals surface area contributed by atoms with E-state index < -0.39 is 29.4 Å². The summed E-state index contributed by atoms with van der Waals surface area (Å²) in [6, 6.07) is 9.84. The van der Waals surface area contributed by atoms with Gasteiger partial charge >= 0.3 is 18.3 Å². The van der Waals surface area contributed by atoms with E-state index in [1.807, 2.05) is 4.90 Å². The number of aliphatic carboxylic acids is 1. The zero-order valence-electron chi connectivity index (χ0n) is 17.1. The van der Waals surface area contributed by atoms with Crippen molar-refractivity contribution in [3.63, 3.8) is 0 Å². The first-order valence-electron chi connectivity index (χ1n) is 10.2. The molecule has 3 rings (SSSR count). The van der Waals surface area contributed by atoms with Gasteiger partial charge in [-0.2, -0.15) is 26.3 Å². The van der Waals surface area contributed by atoms with Crippen molar-refractivity contribution >= 4 is 5.97 Å². The summed E-state index contributed by atoms with van der Waals surface area (Å²) in [6.45, 7) is 1.47.